The lowest BCUT2D eigenvalue weighted by Gasteiger charge is -2.31. The monoisotopic (exact) mass is 360 g/mol. The number of carbonyl (C=O) groups excluding carboxylic acids is 1. The predicted molar refractivity (Wildman–Crippen MR) is 88.5 cm³/mol. The number of amides is 1. The van der Waals surface area contributed by atoms with Gasteiger partial charge in [-0.3, -0.25) is 4.79 Å². The van der Waals surface area contributed by atoms with Crippen LogP contribution in [0.3, 0.4) is 0 Å². The molecule has 1 saturated heterocycles. The van der Waals surface area contributed by atoms with Gasteiger partial charge in [-0.15, -0.1) is 0 Å². The van der Waals surface area contributed by atoms with E-state index < -0.39 is 5.92 Å². The third-order valence-electron chi connectivity index (χ3n) is 4.55. The van der Waals surface area contributed by atoms with E-state index in [1.54, 1.807) is 18.2 Å². The summed E-state index contributed by atoms with van der Waals surface area (Å²) in [4.78, 5) is 18.3. The first-order chi connectivity index (χ1) is 12.4. The lowest BCUT2D eigenvalue weighted by Crippen LogP contribution is -2.42. The summed E-state index contributed by atoms with van der Waals surface area (Å²) in [5.41, 5.74) is 1.98. The minimum absolute atomic E-state index is 0.000820. The molecule has 1 aromatic carbocycles. The minimum atomic E-state index is -2.72. The topological polar surface area (TPSA) is 50.5 Å². The lowest BCUT2D eigenvalue weighted by atomic mass is 10.1. The van der Waals surface area contributed by atoms with Crippen molar-refractivity contribution in [3.63, 3.8) is 0 Å². The molecule has 1 amide bonds. The fourth-order valence-corrected chi connectivity index (χ4v) is 3.09. The highest BCUT2D eigenvalue weighted by molar-refractivity contribution is 6.00. The minimum Gasteiger partial charge on any atom is -0.338 e. The molecule has 5 nitrogen and oxygen atoms in total. The quantitative estimate of drug-likeness (QED) is 0.704. The molecule has 0 saturated carbocycles. The van der Waals surface area contributed by atoms with Gasteiger partial charge in [0.2, 0.25) is 0 Å². The van der Waals surface area contributed by atoms with Crippen LogP contribution >= 0.6 is 0 Å². The molecule has 0 N–H and O–H groups in total. The van der Waals surface area contributed by atoms with Crippen LogP contribution in [0.15, 0.2) is 42.7 Å². The van der Waals surface area contributed by atoms with Gasteiger partial charge in [-0.1, -0.05) is 0 Å². The van der Waals surface area contributed by atoms with E-state index in [4.69, 9.17) is 0 Å². The first-order valence-electron chi connectivity index (χ1n) is 8.20. The number of nitrogens with zero attached hydrogens (tertiary/aromatic N) is 4. The van der Waals surface area contributed by atoms with Gasteiger partial charge in [0.25, 0.3) is 11.8 Å². The van der Waals surface area contributed by atoms with Crippen LogP contribution in [0.2, 0.25) is 0 Å². The first kappa shape index (κ1) is 16.6. The van der Waals surface area contributed by atoms with Crippen molar-refractivity contribution < 1.29 is 18.0 Å². The maximum Gasteiger partial charge on any atom is 0.259 e. The number of rotatable bonds is 2. The Morgan fingerprint density at radius 1 is 1.08 bits per heavy atom. The second-order valence-corrected chi connectivity index (χ2v) is 6.28. The van der Waals surface area contributed by atoms with Crippen LogP contribution in [0.4, 0.5) is 13.2 Å². The zero-order valence-corrected chi connectivity index (χ0v) is 13.7. The molecule has 3 heterocycles. The van der Waals surface area contributed by atoms with E-state index in [9.17, 15) is 18.0 Å². The van der Waals surface area contributed by atoms with Gasteiger partial charge < -0.3 is 4.90 Å². The number of aromatic nitrogens is 3. The van der Waals surface area contributed by atoms with Crippen LogP contribution in [0.5, 0.6) is 0 Å². The average Bonchev–Trinajstić information content (AvgIpc) is 3.06. The van der Waals surface area contributed by atoms with Gasteiger partial charge in [-0.25, -0.2) is 22.7 Å². The van der Waals surface area contributed by atoms with E-state index in [1.165, 1.54) is 33.9 Å². The molecule has 1 fully saturated rings. The Bertz CT molecular complexity index is 958. The first-order valence-corrected chi connectivity index (χ1v) is 8.20. The number of hydrogen-bond acceptors (Lipinski definition) is 3. The molecular formula is C18H15F3N4O. The Hall–Kier alpha value is -2.90. The van der Waals surface area contributed by atoms with Gasteiger partial charge in [-0.2, -0.15) is 5.10 Å². The van der Waals surface area contributed by atoms with E-state index in [-0.39, 0.29) is 43.2 Å². The number of carbonyl (C=O) groups is 1. The molecule has 8 heteroatoms. The molecule has 1 aliphatic heterocycles. The molecule has 0 atom stereocenters. The molecule has 134 valence electrons. The maximum atomic E-state index is 13.3. The van der Waals surface area contributed by atoms with Crippen LogP contribution in [0.25, 0.3) is 16.9 Å². The summed E-state index contributed by atoms with van der Waals surface area (Å²) in [6, 6.07) is 7.61. The van der Waals surface area contributed by atoms with Crippen molar-refractivity contribution in [2.45, 2.75) is 18.8 Å². The number of likely N-dealkylation sites (tertiary alicyclic amines) is 1. The van der Waals surface area contributed by atoms with E-state index >= 15 is 0 Å². The van der Waals surface area contributed by atoms with Crippen LogP contribution in [0, 0.1) is 5.82 Å². The fraction of sp³-hybridized carbons (Fsp3) is 0.278. The molecule has 1 aliphatic rings. The summed E-state index contributed by atoms with van der Waals surface area (Å²) in [6.07, 6.45) is 2.25. The normalized spacial score (nSPS) is 16.8. The smallest absolute Gasteiger partial charge is 0.259 e. The number of piperidine rings is 1. The number of hydrogen-bond donors (Lipinski definition) is 0. The van der Waals surface area contributed by atoms with E-state index in [0.29, 0.717) is 11.3 Å². The molecule has 0 radical (unpaired) electrons. The molecule has 0 spiro atoms. The summed E-state index contributed by atoms with van der Waals surface area (Å²) < 4.78 is 41.3. The van der Waals surface area contributed by atoms with Crippen LogP contribution in [-0.2, 0) is 0 Å². The number of benzene rings is 1. The van der Waals surface area contributed by atoms with Gasteiger partial charge in [0.1, 0.15) is 11.4 Å². The second-order valence-electron chi connectivity index (χ2n) is 6.28. The fourth-order valence-electron chi connectivity index (χ4n) is 3.09. The second kappa shape index (κ2) is 6.12. The van der Waals surface area contributed by atoms with Crippen molar-refractivity contribution in [1.82, 2.24) is 19.5 Å². The van der Waals surface area contributed by atoms with Crippen molar-refractivity contribution in [3.8, 4) is 11.3 Å². The summed E-state index contributed by atoms with van der Waals surface area (Å²) in [7, 11) is 0. The van der Waals surface area contributed by atoms with Crippen molar-refractivity contribution in [2.24, 2.45) is 0 Å². The third-order valence-corrected chi connectivity index (χ3v) is 4.55. The highest BCUT2D eigenvalue weighted by Gasteiger charge is 2.36. The van der Waals surface area contributed by atoms with Gasteiger partial charge in [0.05, 0.1) is 11.9 Å². The Morgan fingerprint density at radius 3 is 2.46 bits per heavy atom. The lowest BCUT2D eigenvalue weighted by molar-refractivity contribution is -0.0493. The van der Waals surface area contributed by atoms with Crippen LogP contribution in [0.1, 0.15) is 23.2 Å². The number of alkyl halides is 2. The number of halogens is 3. The highest BCUT2D eigenvalue weighted by Crippen LogP contribution is 2.29. The predicted octanol–water partition coefficient (Wildman–Crippen LogP) is 3.41. The molecule has 0 unspecified atom stereocenters. The van der Waals surface area contributed by atoms with Crippen LogP contribution in [-0.4, -0.2) is 44.4 Å². The summed E-state index contributed by atoms with van der Waals surface area (Å²) in [5, 5.41) is 4.23. The van der Waals surface area contributed by atoms with Gasteiger partial charge in [0, 0.05) is 37.7 Å². The highest BCUT2D eigenvalue weighted by atomic mass is 19.3. The van der Waals surface area contributed by atoms with Crippen LogP contribution < -0.4 is 0 Å². The zero-order valence-electron chi connectivity index (χ0n) is 13.7. The van der Waals surface area contributed by atoms with Gasteiger partial charge >= 0.3 is 0 Å². The molecule has 0 bridgehead atoms. The van der Waals surface area contributed by atoms with Gasteiger partial charge in [-0.05, 0) is 30.3 Å². The largest absolute Gasteiger partial charge is 0.338 e. The standard InChI is InChI=1S/C18H15F3N4O/c19-13-3-1-12(2-4-13)15-5-8-22-16-14(11-23-25(15)16)17(26)24-9-6-18(20,21)7-10-24/h1-5,8,11H,6-7,9-10H2. The summed E-state index contributed by atoms with van der Waals surface area (Å²) >= 11 is 0. The molecular weight excluding hydrogens is 345 g/mol. The SMILES string of the molecule is O=C(c1cnn2c(-c3ccc(F)cc3)ccnc12)N1CCC(F)(F)CC1. The number of fused-ring (bicyclic) bond motifs is 1. The molecule has 0 aliphatic carbocycles. The van der Waals surface area contributed by atoms with Crippen molar-refractivity contribution in [3.05, 3.63) is 54.1 Å². The average molecular weight is 360 g/mol. The Morgan fingerprint density at radius 2 is 1.77 bits per heavy atom. The summed E-state index contributed by atoms with van der Waals surface area (Å²) in [5.74, 6) is -3.43. The molecule has 4 rings (SSSR count). The zero-order chi connectivity index (χ0) is 18.3. The van der Waals surface area contributed by atoms with Gasteiger partial charge in [0.15, 0.2) is 5.65 Å². The Labute approximate surface area is 147 Å². The van der Waals surface area contributed by atoms with E-state index in [1.807, 2.05) is 0 Å². The van der Waals surface area contributed by atoms with Crippen molar-refractivity contribution in [1.29, 1.82) is 0 Å². The molecule has 2 aromatic heterocycles. The van der Waals surface area contributed by atoms with E-state index in [0.717, 1.165) is 5.56 Å². The Kier molecular flexibility index (Phi) is 3.90. The Balaban J connectivity index is 1.69. The summed E-state index contributed by atoms with van der Waals surface area (Å²) in [6.45, 7) is 0.00164. The maximum absolute atomic E-state index is 13.3. The molecule has 3 aromatic rings. The molecule has 26 heavy (non-hydrogen) atoms. The third kappa shape index (κ3) is 2.91. The van der Waals surface area contributed by atoms with Crippen molar-refractivity contribution in [2.75, 3.05) is 13.1 Å². The van der Waals surface area contributed by atoms with E-state index in [2.05, 4.69) is 10.1 Å². The van der Waals surface area contributed by atoms with Crippen molar-refractivity contribution >= 4 is 11.6 Å².